The van der Waals surface area contributed by atoms with Crippen LogP contribution in [-0.2, 0) is 5.41 Å². The number of nitrogens with zero attached hydrogens (tertiary/aromatic N) is 2. The zero-order chi connectivity index (χ0) is 38.8. The number of rotatable bonds is 6. The molecule has 2 aromatic heterocycles. The Labute approximate surface area is 338 Å². The summed E-state index contributed by atoms with van der Waals surface area (Å²) >= 11 is 0. The summed E-state index contributed by atoms with van der Waals surface area (Å²) in [5.74, 6) is 0.675. The second-order valence-electron chi connectivity index (χ2n) is 15.7. The summed E-state index contributed by atoms with van der Waals surface area (Å²) in [6, 6.07) is 68.9. The molecular weight excluding hydrogens is 705 g/mol. The number of hydrogen-bond donors (Lipinski definition) is 0. The standard InChI is InChI=1S/C55H38N2O/c1-55(2)47-24-11-9-22-44(47)53-42(23-14-25-48(53)55)37-19-13-20-39(31-37)50-34-49(36-17-7-4-8-18-36)56-54(57-50)40-27-29-41(35-15-5-3-6-16-35)45(33-40)38-28-30-52-46(32-38)43-21-10-12-26-51(43)58-52/h3-34H,1-2H3. The third-order valence-corrected chi connectivity index (χ3v) is 11.9. The van der Waals surface area contributed by atoms with Crippen LogP contribution in [0.15, 0.2) is 199 Å². The molecule has 2 heterocycles. The number of benzene rings is 8. The van der Waals surface area contributed by atoms with Gasteiger partial charge in [0.25, 0.3) is 0 Å². The lowest BCUT2D eigenvalue weighted by Gasteiger charge is -2.21. The lowest BCUT2D eigenvalue weighted by Crippen LogP contribution is -2.14. The molecule has 58 heavy (non-hydrogen) atoms. The van der Waals surface area contributed by atoms with Crippen LogP contribution in [0.25, 0.3) is 100 Å². The Morgan fingerprint density at radius 3 is 1.81 bits per heavy atom. The third-order valence-electron chi connectivity index (χ3n) is 11.9. The Bertz CT molecular complexity index is 3190. The molecule has 0 radical (unpaired) electrons. The van der Waals surface area contributed by atoms with Crippen molar-refractivity contribution < 1.29 is 4.42 Å². The number of fused-ring (bicyclic) bond motifs is 6. The maximum Gasteiger partial charge on any atom is 0.160 e. The van der Waals surface area contributed by atoms with Gasteiger partial charge in [0.15, 0.2) is 5.82 Å². The van der Waals surface area contributed by atoms with E-state index < -0.39 is 0 Å². The predicted molar refractivity (Wildman–Crippen MR) is 239 cm³/mol. The van der Waals surface area contributed by atoms with Crippen molar-refractivity contribution in [1.82, 2.24) is 9.97 Å². The molecule has 0 saturated heterocycles. The van der Waals surface area contributed by atoms with Crippen molar-refractivity contribution in [3.8, 4) is 78.4 Å². The molecule has 1 aliphatic carbocycles. The molecule has 10 aromatic rings. The SMILES string of the molecule is CC1(C)c2ccccc2-c2c(-c3cccc(-c4cc(-c5ccccc5)nc(-c5ccc(-c6ccccc6)c(-c6ccc7oc8ccccc8c7c6)c5)n4)c3)cccc21. The van der Waals surface area contributed by atoms with Gasteiger partial charge in [0.1, 0.15) is 11.2 Å². The highest BCUT2D eigenvalue weighted by atomic mass is 16.3. The van der Waals surface area contributed by atoms with Crippen LogP contribution in [0.1, 0.15) is 25.0 Å². The highest BCUT2D eigenvalue weighted by Gasteiger charge is 2.36. The van der Waals surface area contributed by atoms with E-state index in [1.54, 1.807) is 0 Å². The second kappa shape index (κ2) is 13.4. The molecule has 3 nitrogen and oxygen atoms in total. The monoisotopic (exact) mass is 742 g/mol. The van der Waals surface area contributed by atoms with Gasteiger partial charge in [-0.1, -0.05) is 172 Å². The molecule has 0 atom stereocenters. The van der Waals surface area contributed by atoms with E-state index in [0.29, 0.717) is 5.82 Å². The number of furan rings is 1. The van der Waals surface area contributed by atoms with Crippen LogP contribution >= 0.6 is 0 Å². The first kappa shape index (κ1) is 33.9. The van der Waals surface area contributed by atoms with E-state index in [1.165, 1.54) is 33.4 Å². The van der Waals surface area contributed by atoms with Gasteiger partial charge in [0.05, 0.1) is 11.4 Å². The molecule has 0 spiro atoms. The molecule has 274 valence electrons. The van der Waals surface area contributed by atoms with E-state index in [9.17, 15) is 0 Å². The van der Waals surface area contributed by atoms with E-state index >= 15 is 0 Å². The van der Waals surface area contributed by atoms with Gasteiger partial charge in [0.2, 0.25) is 0 Å². The Kier molecular flexibility index (Phi) is 7.84. The number of aromatic nitrogens is 2. The van der Waals surface area contributed by atoms with Gasteiger partial charge in [-0.25, -0.2) is 9.97 Å². The van der Waals surface area contributed by atoms with Gasteiger partial charge in [-0.2, -0.15) is 0 Å². The predicted octanol–water partition coefficient (Wildman–Crippen LogP) is 14.7. The summed E-state index contributed by atoms with van der Waals surface area (Å²) in [4.78, 5) is 10.6. The second-order valence-corrected chi connectivity index (χ2v) is 15.7. The molecule has 8 aromatic carbocycles. The van der Waals surface area contributed by atoms with Crippen molar-refractivity contribution in [1.29, 1.82) is 0 Å². The van der Waals surface area contributed by atoms with Gasteiger partial charge in [0, 0.05) is 32.9 Å². The lowest BCUT2D eigenvalue weighted by molar-refractivity contribution is 0.660. The molecule has 0 fully saturated rings. The van der Waals surface area contributed by atoms with Gasteiger partial charge in [-0.15, -0.1) is 0 Å². The molecule has 0 amide bonds. The Morgan fingerprint density at radius 2 is 0.966 bits per heavy atom. The fraction of sp³-hybridized carbons (Fsp3) is 0.0545. The van der Waals surface area contributed by atoms with Crippen LogP contribution < -0.4 is 0 Å². The van der Waals surface area contributed by atoms with E-state index in [4.69, 9.17) is 14.4 Å². The average Bonchev–Trinajstić information content (AvgIpc) is 3.78. The molecule has 11 rings (SSSR count). The summed E-state index contributed by atoms with van der Waals surface area (Å²) in [6.07, 6.45) is 0. The summed E-state index contributed by atoms with van der Waals surface area (Å²) in [6.45, 7) is 4.67. The van der Waals surface area contributed by atoms with E-state index in [2.05, 4.69) is 190 Å². The van der Waals surface area contributed by atoms with E-state index in [-0.39, 0.29) is 5.41 Å². The van der Waals surface area contributed by atoms with Gasteiger partial charge < -0.3 is 4.42 Å². The normalized spacial score (nSPS) is 12.8. The van der Waals surface area contributed by atoms with Gasteiger partial charge >= 0.3 is 0 Å². The topological polar surface area (TPSA) is 38.9 Å². The maximum absolute atomic E-state index is 6.22. The van der Waals surface area contributed by atoms with Gasteiger partial charge in [-0.3, -0.25) is 0 Å². The minimum atomic E-state index is -0.0708. The highest BCUT2D eigenvalue weighted by molar-refractivity contribution is 6.07. The molecule has 0 saturated carbocycles. The molecule has 0 aliphatic heterocycles. The highest BCUT2D eigenvalue weighted by Crippen LogP contribution is 2.52. The van der Waals surface area contributed by atoms with E-state index in [1.807, 2.05) is 18.2 Å². The minimum absolute atomic E-state index is 0.0708. The zero-order valence-corrected chi connectivity index (χ0v) is 32.3. The Balaban J connectivity index is 1.08. The van der Waals surface area contributed by atoms with Crippen LogP contribution in [-0.4, -0.2) is 9.97 Å². The Hall–Kier alpha value is -7.36. The smallest absolute Gasteiger partial charge is 0.160 e. The zero-order valence-electron chi connectivity index (χ0n) is 32.3. The largest absolute Gasteiger partial charge is 0.456 e. The molecular formula is C55H38N2O. The van der Waals surface area contributed by atoms with Gasteiger partial charge in [-0.05, 0) is 92.0 Å². The molecule has 3 heteroatoms. The van der Waals surface area contributed by atoms with Crippen LogP contribution in [0.2, 0.25) is 0 Å². The van der Waals surface area contributed by atoms with Crippen LogP contribution in [0.5, 0.6) is 0 Å². The van der Waals surface area contributed by atoms with Crippen molar-refractivity contribution >= 4 is 21.9 Å². The first-order chi connectivity index (χ1) is 28.5. The fourth-order valence-corrected chi connectivity index (χ4v) is 9.01. The lowest BCUT2D eigenvalue weighted by atomic mass is 9.82. The molecule has 1 aliphatic rings. The summed E-state index contributed by atoms with van der Waals surface area (Å²) in [5.41, 5.74) is 18.7. The first-order valence-electron chi connectivity index (χ1n) is 19.9. The van der Waals surface area contributed by atoms with E-state index in [0.717, 1.165) is 72.3 Å². The van der Waals surface area contributed by atoms with Crippen molar-refractivity contribution in [2.45, 2.75) is 19.3 Å². The molecule has 0 N–H and O–H groups in total. The summed E-state index contributed by atoms with van der Waals surface area (Å²) < 4.78 is 6.22. The van der Waals surface area contributed by atoms with Crippen molar-refractivity contribution in [2.75, 3.05) is 0 Å². The third kappa shape index (κ3) is 5.58. The quantitative estimate of drug-likeness (QED) is 0.170. The van der Waals surface area contributed by atoms with Crippen molar-refractivity contribution in [2.24, 2.45) is 0 Å². The summed E-state index contributed by atoms with van der Waals surface area (Å²) in [5, 5.41) is 2.20. The van der Waals surface area contributed by atoms with Crippen LogP contribution in [0.4, 0.5) is 0 Å². The molecule has 0 unspecified atom stereocenters. The van der Waals surface area contributed by atoms with Crippen molar-refractivity contribution in [3.05, 3.63) is 205 Å². The van der Waals surface area contributed by atoms with Crippen LogP contribution in [0.3, 0.4) is 0 Å². The fourth-order valence-electron chi connectivity index (χ4n) is 9.01. The minimum Gasteiger partial charge on any atom is -0.456 e. The summed E-state index contributed by atoms with van der Waals surface area (Å²) in [7, 11) is 0. The Morgan fingerprint density at radius 1 is 0.362 bits per heavy atom. The average molecular weight is 743 g/mol. The number of para-hydroxylation sites is 1. The number of hydrogen-bond acceptors (Lipinski definition) is 3. The maximum atomic E-state index is 6.22. The van der Waals surface area contributed by atoms with Crippen LogP contribution in [0, 0.1) is 0 Å². The first-order valence-corrected chi connectivity index (χ1v) is 19.9. The van der Waals surface area contributed by atoms with Crippen molar-refractivity contribution in [3.63, 3.8) is 0 Å². The molecule has 0 bridgehead atoms.